The Hall–Kier alpha value is -4.12. The first-order chi connectivity index (χ1) is 21.5. The lowest BCUT2D eigenvalue weighted by Crippen LogP contribution is -2.58. The molecule has 0 bridgehead atoms. The molecular formula is C33H41ClFN5O5. The second-order valence-electron chi connectivity index (χ2n) is 12.0. The minimum Gasteiger partial charge on any atom is -0.480 e. The van der Waals surface area contributed by atoms with Crippen LogP contribution in [-0.2, 0) is 27.2 Å². The Bertz CT molecular complexity index is 1500. The van der Waals surface area contributed by atoms with Crippen molar-refractivity contribution in [1.29, 1.82) is 0 Å². The molecule has 1 saturated heterocycles. The van der Waals surface area contributed by atoms with Crippen molar-refractivity contribution >= 4 is 46.3 Å². The molecule has 0 spiro atoms. The van der Waals surface area contributed by atoms with Crippen molar-refractivity contribution in [2.45, 2.75) is 76.9 Å². The SMILES string of the molecule is CC(C)C[C@H](NC(=O)N1CCCCCC1)C(=O)N[C@H](Cc1ccc(F)c(Cl)c1)C(=O)N[C@H](Cc1c[nH]c2ccccc12)C(=O)O. The number of aromatic nitrogens is 1. The highest BCUT2D eigenvalue weighted by atomic mass is 35.5. The van der Waals surface area contributed by atoms with E-state index in [4.69, 9.17) is 11.6 Å². The fraction of sp³-hybridized carbons (Fsp3) is 0.455. The van der Waals surface area contributed by atoms with Gasteiger partial charge in [-0.1, -0.05) is 62.6 Å². The summed E-state index contributed by atoms with van der Waals surface area (Å²) >= 11 is 5.99. The molecule has 1 aliphatic rings. The number of likely N-dealkylation sites (tertiary alicyclic amines) is 1. The number of halogens is 2. The van der Waals surface area contributed by atoms with E-state index in [2.05, 4.69) is 20.9 Å². The molecule has 0 saturated carbocycles. The molecule has 5 N–H and O–H groups in total. The molecule has 0 unspecified atom stereocenters. The zero-order chi connectivity index (χ0) is 32.5. The molecule has 45 heavy (non-hydrogen) atoms. The van der Waals surface area contributed by atoms with Crippen molar-refractivity contribution < 1.29 is 28.7 Å². The van der Waals surface area contributed by atoms with Gasteiger partial charge < -0.3 is 30.9 Å². The second-order valence-corrected chi connectivity index (χ2v) is 12.4. The molecule has 242 valence electrons. The van der Waals surface area contributed by atoms with E-state index in [1.54, 1.807) is 11.1 Å². The van der Waals surface area contributed by atoms with E-state index in [0.29, 0.717) is 30.6 Å². The van der Waals surface area contributed by atoms with Gasteiger partial charge in [-0.3, -0.25) is 9.59 Å². The van der Waals surface area contributed by atoms with Crippen LogP contribution in [0.3, 0.4) is 0 Å². The third-order valence-electron chi connectivity index (χ3n) is 7.98. The molecule has 2 aromatic carbocycles. The number of nitrogens with one attached hydrogen (secondary N) is 4. The number of urea groups is 1. The highest BCUT2D eigenvalue weighted by molar-refractivity contribution is 6.30. The number of aromatic amines is 1. The number of fused-ring (bicyclic) bond motifs is 1. The summed E-state index contributed by atoms with van der Waals surface area (Å²) in [6.45, 7) is 5.05. The lowest BCUT2D eigenvalue weighted by atomic mass is 10.00. The number of hydrogen-bond donors (Lipinski definition) is 5. The van der Waals surface area contributed by atoms with Crippen LogP contribution in [0.15, 0.2) is 48.7 Å². The number of rotatable bonds is 12. The van der Waals surface area contributed by atoms with Crippen molar-refractivity contribution in [2.24, 2.45) is 5.92 Å². The third kappa shape index (κ3) is 9.43. The van der Waals surface area contributed by atoms with Gasteiger partial charge in [0.25, 0.3) is 0 Å². The van der Waals surface area contributed by atoms with Gasteiger partial charge in [-0.25, -0.2) is 14.0 Å². The summed E-state index contributed by atoms with van der Waals surface area (Å²) in [5.74, 6) is -3.16. The van der Waals surface area contributed by atoms with Gasteiger partial charge in [-0.2, -0.15) is 0 Å². The average Bonchev–Trinajstić information content (AvgIpc) is 3.20. The summed E-state index contributed by atoms with van der Waals surface area (Å²) in [6, 6.07) is 7.57. The first-order valence-corrected chi connectivity index (χ1v) is 15.8. The van der Waals surface area contributed by atoms with Crippen molar-refractivity contribution in [1.82, 2.24) is 25.8 Å². The first kappa shape index (κ1) is 33.8. The Morgan fingerprint density at radius 2 is 1.58 bits per heavy atom. The average molecular weight is 642 g/mol. The Labute approximate surface area is 267 Å². The molecule has 1 aliphatic heterocycles. The zero-order valence-electron chi connectivity index (χ0n) is 25.6. The number of carboxylic acid groups (broad SMARTS) is 1. The van der Waals surface area contributed by atoms with Crippen LogP contribution in [0.25, 0.3) is 10.9 Å². The Balaban J connectivity index is 1.54. The summed E-state index contributed by atoms with van der Waals surface area (Å²) < 4.78 is 13.9. The zero-order valence-corrected chi connectivity index (χ0v) is 26.3. The van der Waals surface area contributed by atoms with Gasteiger partial charge in [0.15, 0.2) is 0 Å². The number of aliphatic carboxylic acids is 1. The Morgan fingerprint density at radius 1 is 0.911 bits per heavy atom. The molecule has 4 amide bonds. The van der Waals surface area contributed by atoms with Gasteiger partial charge in [0.1, 0.15) is 23.9 Å². The van der Waals surface area contributed by atoms with Gasteiger partial charge in [-0.15, -0.1) is 0 Å². The number of para-hydroxylation sites is 1. The predicted octanol–water partition coefficient (Wildman–Crippen LogP) is 4.80. The lowest BCUT2D eigenvalue weighted by molar-refractivity contribution is -0.142. The minimum absolute atomic E-state index is 0.00397. The van der Waals surface area contributed by atoms with E-state index in [9.17, 15) is 28.7 Å². The van der Waals surface area contributed by atoms with Gasteiger partial charge in [0.05, 0.1) is 5.02 Å². The molecule has 1 aromatic heterocycles. The van der Waals surface area contributed by atoms with Crippen LogP contribution in [0.4, 0.5) is 9.18 Å². The second kappa shape index (κ2) is 15.7. The van der Waals surface area contributed by atoms with E-state index >= 15 is 0 Å². The summed E-state index contributed by atoms with van der Waals surface area (Å²) in [6.07, 6.45) is 5.79. The van der Waals surface area contributed by atoms with Crippen LogP contribution in [-0.4, -0.2) is 70.0 Å². The number of carbonyl (C=O) groups is 4. The van der Waals surface area contributed by atoms with E-state index in [0.717, 1.165) is 42.7 Å². The predicted molar refractivity (Wildman–Crippen MR) is 170 cm³/mol. The molecule has 10 nitrogen and oxygen atoms in total. The summed E-state index contributed by atoms with van der Waals surface area (Å²) in [5.41, 5.74) is 2.00. The van der Waals surface area contributed by atoms with E-state index in [-0.39, 0.29) is 29.8 Å². The van der Waals surface area contributed by atoms with Crippen LogP contribution in [0, 0.1) is 11.7 Å². The molecule has 2 heterocycles. The monoisotopic (exact) mass is 641 g/mol. The number of carboxylic acids is 1. The lowest BCUT2D eigenvalue weighted by Gasteiger charge is -2.28. The largest absolute Gasteiger partial charge is 0.480 e. The number of nitrogens with zero attached hydrogens (tertiary/aromatic N) is 1. The third-order valence-corrected chi connectivity index (χ3v) is 8.27. The molecule has 12 heteroatoms. The number of benzene rings is 2. The molecule has 1 fully saturated rings. The van der Waals surface area contributed by atoms with Crippen molar-refractivity contribution in [3.63, 3.8) is 0 Å². The molecule has 0 radical (unpaired) electrons. The van der Waals surface area contributed by atoms with E-state index in [1.807, 2.05) is 38.1 Å². The van der Waals surface area contributed by atoms with Gasteiger partial charge in [-0.05, 0) is 54.5 Å². The van der Waals surface area contributed by atoms with Crippen LogP contribution < -0.4 is 16.0 Å². The highest BCUT2D eigenvalue weighted by Gasteiger charge is 2.31. The van der Waals surface area contributed by atoms with Crippen molar-refractivity contribution in [3.05, 3.63) is 70.6 Å². The minimum atomic E-state index is -1.30. The Morgan fingerprint density at radius 3 is 2.24 bits per heavy atom. The maximum absolute atomic E-state index is 13.9. The number of H-pyrrole nitrogens is 1. The molecule has 3 aromatic rings. The van der Waals surface area contributed by atoms with E-state index < -0.39 is 41.7 Å². The molecule has 3 atom stereocenters. The van der Waals surface area contributed by atoms with Gasteiger partial charge in [0, 0.05) is 43.0 Å². The number of amides is 4. The van der Waals surface area contributed by atoms with Crippen LogP contribution >= 0.6 is 11.6 Å². The molecular weight excluding hydrogens is 601 g/mol. The summed E-state index contributed by atoms with van der Waals surface area (Å²) in [7, 11) is 0. The van der Waals surface area contributed by atoms with Crippen molar-refractivity contribution in [3.8, 4) is 0 Å². The Kier molecular flexibility index (Phi) is 11.8. The normalized spacial score (nSPS) is 15.6. The van der Waals surface area contributed by atoms with E-state index in [1.165, 1.54) is 12.1 Å². The summed E-state index contributed by atoms with van der Waals surface area (Å²) in [4.78, 5) is 57.6. The summed E-state index contributed by atoms with van der Waals surface area (Å²) in [5, 5.41) is 18.9. The van der Waals surface area contributed by atoms with Crippen LogP contribution in [0.1, 0.15) is 57.1 Å². The molecule has 4 rings (SSSR count). The first-order valence-electron chi connectivity index (χ1n) is 15.4. The van der Waals surface area contributed by atoms with Crippen LogP contribution in [0.2, 0.25) is 5.02 Å². The van der Waals surface area contributed by atoms with Crippen LogP contribution in [0.5, 0.6) is 0 Å². The van der Waals surface area contributed by atoms with Crippen molar-refractivity contribution in [2.75, 3.05) is 13.1 Å². The fourth-order valence-electron chi connectivity index (χ4n) is 5.59. The highest BCUT2D eigenvalue weighted by Crippen LogP contribution is 2.20. The quantitative estimate of drug-likeness (QED) is 0.193. The topological polar surface area (TPSA) is 144 Å². The van der Waals surface area contributed by atoms with Gasteiger partial charge in [0.2, 0.25) is 11.8 Å². The maximum atomic E-state index is 13.9. The number of carbonyl (C=O) groups excluding carboxylic acids is 3. The van der Waals surface area contributed by atoms with Gasteiger partial charge >= 0.3 is 12.0 Å². The number of hydrogen-bond acceptors (Lipinski definition) is 4. The molecule has 0 aliphatic carbocycles. The maximum Gasteiger partial charge on any atom is 0.326 e. The standard InChI is InChI=1S/C33H41ClFN5O5/c1-20(2)15-27(39-33(45)40-13-7-3-4-8-14-40)30(41)37-28(17-21-11-12-25(35)24(34)16-21)31(42)38-29(32(43)44)18-22-19-36-26-10-6-5-9-23(22)26/h5-6,9-12,16,19-20,27-29,36H,3-4,7-8,13-15,17-18H2,1-2H3,(H,37,41)(H,38,42)(H,39,45)(H,43,44)/t27-,28+,29+/m0/s1. The smallest absolute Gasteiger partial charge is 0.326 e. The fourth-order valence-corrected chi connectivity index (χ4v) is 5.80.